The van der Waals surface area contributed by atoms with Crippen LogP contribution in [0.4, 0.5) is 17.6 Å². The van der Waals surface area contributed by atoms with Gasteiger partial charge in [0.1, 0.15) is 5.69 Å². The number of rotatable bonds is 7. The highest BCUT2D eigenvalue weighted by Crippen LogP contribution is 2.36. The molecule has 1 saturated carbocycles. The molecule has 0 aromatic carbocycles. The normalized spacial score (nSPS) is 14.6. The van der Waals surface area contributed by atoms with Crippen molar-refractivity contribution in [2.24, 2.45) is 0 Å². The minimum atomic E-state index is -4.55. The van der Waals surface area contributed by atoms with Gasteiger partial charge in [-0.1, -0.05) is 0 Å². The maximum atomic E-state index is 13.2. The summed E-state index contributed by atoms with van der Waals surface area (Å²) in [5.74, 6) is 0. The van der Waals surface area contributed by atoms with E-state index in [9.17, 15) is 22.4 Å². The number of aromatic nitrogens is 5. The van der Waals surface area contributed by atoms with Crippen LogP contribution < -0.4 is 5.69 Å². The van der Waals surface area contributed by atoms with Crippen LogP contribution in [0.15, 0.2) is 41.5 Å². The van der Waals surface area contributed by atoms with E-state index in [1.807, 2.05) is 4.57 Å². The third kappa shape index (κ3) is 3.57. The summed E-state index contributed by atoms with van der Waals surface area (Å²) in [7, 11) is 0. The fraction of sp³-hybridized carbons (Fsp3) is 0.409. The van der Waals surface area contributed by atoms with Crippen LogP contribution in [0.3, 0.4) is 0 Å². The third-order valence-electron chi connectivity index (χ3n) is 5.90. The Morgan fingerprint density at radius 2 is 1.84 bits per heavy atom. The van der Waals surface area contributed by atoms with E-state index in [-0.39, 0.29) is 23.8 Å². The number of halogens is 4. The summed E-state index contributed by atoms with van der Waals surface area (Å²) >= 11 is 0. The molecule has 5 rings (SSSR count). The second kappa shape index (κ2) is 7.75. The fourth-order valence-electron chi connectivity index (χ4n) is 4.24. The SMILES string of the molecule is O=c1n(Cc2cc3nc(C(F)(F)F)ccc3n2CCCCF)c2cnccc2n1C1CC1. The molecule has 0 unspecified atom stereocenters. The zero-order chi connectivity index (χ0) is 22.5. The van der Waals surface area contributed by atoms with Crippen LogP contribution in [0.1, 0.15) is 43.1 Å². The van der Waals surface area contributed by atoms with Crippen LogP contribution in [0, 0.1) is 0 Å². The smallest absolute Gasteiger partial charge is 0.342 e. The van der Waals surface area contributed by atoms with Gasteiger partial charge in [0.15, 0.2) is 0 Å². The molecule has 0 saturated heterocycles. The number of aryl methyl sites for hydroxylation is 1. The molecular weight excluding hydrogens is 426 g/mol. The van der Waals surface area contributed by atoms with Gasteiger partial charge in [0, 0.05) is 24.5 Å². The Morgan fingerprint density at radius 3 is 2.56 bits per heavy atom. The van der Waals surface area contributed by atoms with Gasteiger partial charge in [-0.25, -0.2) is 9.78 Å². The van der Waals surface area contributed by atoms with Gasteiger partial charge in [-0.15, -0.1) is 0 Å². The van der Waals surface area contributed by atoms with Crippen molar-refractivity contribution < 1.29 is 17.6 Å². The van der Waals surface area contributed by atoms with Crippen LogP contribution >= 0.6 is 0 Å². The standard InChI is InChI=1S/C22H21F4N5O/c23-8-1-2-10-29-15(11-16-17(29)5-6-20(28-16)22(24,25)26)13-30-19-12-27-9-7-18(19)31(21(30)32)14-3-4-14/h5-7,9,11-12,14H,1-4,8,10,13H2. The molecule has 1 fully saturated rings. The molecule has 6 nitrogen and oxygen atoms in total. The summed E-state index contributed by atoms with van der Waals surface area (Å²) < 4.78 is 57.4. The largest absolute Gasteiger partial charge is 0.433 e. The number of pyridine rings is 2. The van der Waals surface area contributed by atoms with Gasteiger partial charge in [0.25, 0.3) is 0 Å². The summed E-state index contributed by atoms with van der Waals surface area (Å²) in [6, 6.07) is 5.90. The lowest BCUT2D eigenvalue weighted by Gasteiger charge is -2.11. The summed E-state index contributed by atoms with van der Waals surface area (Å²) in [5, 5.41) is 0. The van der Waals surface area contributed by atoms with Gasteiger partial charge in [0.2, 0.25) is 0 Å². The number of unbranched alkanes of at least 4 members (excludes halogenated alkanes) is 1. The summed E-state index contributed by atoms with van der Waals surface area (Å²) in [5.41, 5.74) is 1.71. The predicted molar refractivity (Wildman–Crippen MR) is 111 cm³/mol. The fourth-order valence-corrected chi connectivity index (χ4v) is 4.24. The molecule has 0 bridgehead atoms. The molecule has 0 aliphatic heterocycles. The highest BCUT2D eigenvalue weighted by Gasteiger charge is 2.33. The number of hydrogen-bond acceptors (Lipinski definition) is 3. The Morgan fingerprint density at radius 1 is 1.03 bits per heavy atom. The molecule has 1 aliphatic rings. The van der Waals surface area contributed by atoms with Crippen molar-refractivity contribution in [2.75, 3.05) is 6.67 Å². The first-order valence-corrected chi connectivity index (χ1v) is 10.6. The predicted octanol–water partition coefficient (Wildman–Crippen LogP) is 4.70. The van der Waals surface area contributed by atoms with Gasteiger partial charge >= 0.3 is 11.9 Å². The van der Waals surface area contributed by atoms with Crippen molar-refractivity contribution in [1.29, 1.82) is 0 Å². The highest BCUT2D eigenvalue weighted by molar-refractivity contribution is 5.78. The Labute approximate surface area is 180 Å². The minimum absolute atomic E-state index is 0.161. The average molecular weight is 447 g/mol. The summed E-state index contributed by atoms with van der Waals surface area (Å²) in [6.45, 7) is 0.114. The molecule has 4 aromatic heterocycles. The van der Waals surface area contributed by atoms with Gasteiger partial charge in [-0.2, -0.15) is 13.2 Å². The van der Waals surface area contributed by atoms with E-state index in [2.05, 4.69) is 9.97 Å². The lowest BCUT2D eigenvalue weighted by Crippen LogP contribution is -2.25. The lowest BCUT2D eigenvalue weighted by atomic mass is 10.3. The van der Waals surface area contributed by atoms with Crippen LogP contribution in [0.5, 0.6) is 0 Å². The number of imidazole rings is 1. The van der Waals surface area contributed by atoms with Crippen LogP contribution in [-0.4, -0.2) is 30.3 Å². The molecule has 0 spiro atoms. The maximum Gasteiger partial charge on any atom is 0.433 e. The second-order valence-electron chi connectivity index (χ2n) is 8.12. The molecule has 0 radical (unpaired) electrons. The van der Waals surface area contributed by atoms with Crippen molar-refractivity contribution in [2.45, 2.75) is 51.0 Å². The Kier molecular flexibility index (Phi) is 5.02. The molecule has 4 aromatic rings. The summed E-state index contributed by atoms with van der Waals surface area (Å²) in [4.78, 5) is 21.2. The van der Waals surface area contributed by atoms with Gasteiger partial charge in [-0.05, 0) is 49.9 Å². The maximum absolute atomic E-state index is 13.2. The minimum Gasteiger partial charge on any atom is -0.342 e. The molecule has 0 N–H and O–H groups in total. The zero-order valence-corrected chi connectivity index (χ0v) is 17.1. The van der Waals surface area contributed by atoms with E-state index >= 15 is 0 Å². The molecule has 0 amide bonds. The van der Waals surface area contributed by atoms with E-state index in [0.29, 0.717) is 36.1 Å². The van der Waals surface area contributed by atoms with Crippen molar-refractivity contribution >= 4 is 22.1 Å². The van der Waals surface area contributed by atoms with E-state index in [1.165, 1.54) is 6.07 Å². The molecule has 1 aliphatic carbocycles. The number of hydrogen-bond donors (Lipinski definition) is 0. The molecule has 4 heterocycles. The van der Waals surface area contributed by atoms with Gasteiger partial charge in [-0.3, -0.25) is 18.5 Å². The zero-order valence-electron chi connectivity index (χ0n) is 17.1. The third-order valence-corrected chi connectivity index (χ3v) is 5.90. The van der Waals surface area contributed by atoms with Crippen molar-refractivity contribution in [3.05, 3.63) is 58.5 Å². The number of alkyl halides is 4. The first-order chi connectivity index (χ1) is 15.4. The van der Waals surface area contributed by atoms with Gasteiger partial charge < -0.3 is 4.57 Å². The average Bonchev–Trinajstić information content (AvgIpc) is 3.48. The van der Waals surface area contributed by atoms with E-state index in [0.717, 1.165) is 24.4 Å². The van der Waals surface area contributed by atoms with Crippen molar-refractivity contribution in [3.8, 4) is 0 Å². The van der Waals surface area contributed by atoms with Gasteiger partial charge in [0.05, 0.1) is 41.5 Å². The van der Waals surface area contributed by atoms with Crippen LogP contribution in [-0.2, 0) is 19.3 Å². The summed E-state index contributed by atoms with van der Waals surface area (Å²) in [6.07, 6.45) is 1.47. The quantitative estimate of drug-likeness (QED) is 0.305. The van der Waals surface area contributed by atoms with Crippen LogP contribution in [0.2, 0.25) is 0 Å². The molecule has 32 heavy (non-hydrogen) atoms. The first-order valence-electron chi connectivity index (χ1n) is 10.6. The van der Waals surface area contributed by atoms with E-state index < -0.39 is 18.5 Å². The second-order valence-corrected chi connectivity index (χ2v) is 8.12. The van der Waals surface area contributed by atoms with Crippen molar-refractivity contribution in [1.82, 2.24) is 23.7 Å². The molecule has 0 atom stereocenters. The Balaban J connectivity index is 1.63. The number of nitrogens with zero attached hydrogens (tertiary/aromatic N) is 5. The Bertz CT molecular complexity index is 1350. The topological polar surface area (TPSA) is 57.6 Å². The van der Waals surface area contributed by atoms with Crippen LogP contribution in [0.25, 0.3) is 22.1 Å². The Hall–Kier alpha value is -3.17. The number of fused-ring (bicyclic) bond motifs is 2. The highest BCUT2D eigenvalue weighted by atomic mass is 19.4. The van der Waals surface area contributed by atoms with E-state index in [1.54, 1.807) is 33.7 Å². The van der Waals surface area contributed by atoms with Crippen molar-refractivity contribution in [3.63, 3.8) is 0 Å². The van der Waals surface area contributed by atoms with E-state index in [4.69, 9.17) is 0 Å². The molecular formula is C22H21F4N5O. The lowest BCUT2D eigenvalue weighted by molar-refractivity contribution is -0.140. The molecule has 10 heteroatoms. The molecule has 168 valence electrons. The monoisotopic (exact) mass is 447 g/mol. The first kappa shape index (κ1) is 20.7.